The van der Waals surface area contributed by atoms with Gasteiger partial charge in [-0.2, -0.15) is 4.98 Å². The highest BCUT2D eigenvalue weighted by Gasteiger charge is 2.31. The second kappa shape index (κ2) is 8.65. The van der Waals surface area contributed by atoms with Crippen LogP contribution >= 0.6 is 0 Å². The molecular formula is C23H26N4O3. The van der Waals surface area contributed by atoms with Crippen LogP contribution in [-0.4, -0.2) is 31.9 Å². The van der Waals surface area contributed by atoms with E-state index < -0.39 is 5.69 Å². The van der Waals surface area contributed by atoms with Gasteiger partial charge in [0.15, 0.2) is 0 Å². The summed E-state index contributed by atoms with van der Waals surface area (Å²) in [7, 11) is 0. The van der Waals surface area contributed by atoms with Gasteiger partial charge in [0.2, 0.25) is 11.8 Å². The van der Waals surface area contributed by atoms with E-state index in [2.05, 4.69) is 9.97 Å². The molecular weight excluding hydrogens is 380 g/mol. The fraction of sp³-hybridized carbons (Fsp3) is 0.391. The number of aromatic nitrogens is 3. The highest BCUT2D eigenvalue weighted by molar-refractivity contribution is 5.76. The van der Waals surface area contributed by atoms with E-state index in [1.807, 2.05) is 43.3 Å². The molecule has 7 nitrogen and oxygen atoms in total. The maximum Gasteiger partial charge on any atom is 0.348 e. The lowest BCUT2D eigenvalue weighted by atomic mass is 10.0. The van der Waals surface area contributed by atoms with E-state index in [0.29, 0.717) is 24.6 Å². The molecule has 4 rings (SSSR count). The van der Waals surface area contributed by atoms with Crippen molar-refractivity contribution in [2.75, 3.05) is 6.54 Å². The molecule has 0 spiro atoms. The van der Waals surface area contributed by atoms with Crippen molar-refractivity contribution in [2.24, 2.45) is 0 Å². The van der Waals surface area contributed by atoms with Crippen LogP contribution in [0.5, 0.6) is 0 Å². The largest absolute Gasteiger partial charge is 0.443 e. The van der Waals surface area contributed by atoms with E-state index in [4.69, 9.17) is 4.42 Å². The summed E-state index contributed by atoms with van der Waals surface area (Å²) in [6.07, 6.45) is 5.16. The average molecular weight is 406 g/mol. The van der Waals surface area contributed by atoms with Crippen molar-refractivity contribution in [1.29, 1.82) is 0 Å². The molecule has 0 N–H and O–H groups in total. The molecule has 0 aliphatic carbocycles. The third-order valence-electron chi connectivity index (χ3n) is 5.54. The van der Waals surface area contributed by atoms with Gasteiger partial charge in [-0.3, -0.25) is 9.36 Å². The van der Waals surface area contributed by atoms with Crippen LogP contribution in [0, 0.1) is 13.8 Å². The summed E-state index contributed by atoms with van der Waals surface area (Å²) < 4.78 is 7.46. The Labute approximate surface area is 175 Å². The first kappa shape index (κ1) is 20.1. The van der Waals surface area contributed by atoms with Gasteiger partial charge in [-0.05, 0) is 44.7 Å². The van der Waals surface area contributed by atoms with Crippen LogP contribution in [0.4, 0.5) is 0 Å². The molecule has 3 heterocycles. The number of piperidine rings is 1. The Morgan fingerprint density at radius 3 is 2.77 bits per heavy atom. The SMILES string of the molecule is Cc1cc(C)n(CC(=O)N2CCCCC2c2ncc(Cc3ccccc3)o2)c(=O)n1. The number of nitrogens with zero attached hydrogens (tertiary/aromatic N) is 4. The number of oxazole rings is 1. The zero-order valence-corrected chi connectivity index (χ0v) is 17.4. The summed E-state index contributed by atoms with van der Waals surface area (Å²) in [6, 6.07) is 11.7. The van der Waals surface area contributed by atoms with Gasteiger partial charge >= 0.3 is 5.69 Å². The zero-order chi connectivity index (χ0) is 21.1. The number of carbonyl (C=O) groups is 1. The van der Waals surface area contributed by atoms with Gasteiger partial charge < -0.3 is 9.32 Å². The van der Waals surface area contributed by atoms with Crippen molar-refractivity contribution in [1.82, 2.24) is 19.4 Å². The molecule has 0 radical (unpaired) electrons. The van der Waals surface area contributed by atoms with Crippen molar-refractivity contribution >= 4 is 5.91 Å². The van der Waals surface area contributed by atoms with Crippen molar-refractivity contribution in [3.05, 3.63) is 81.7 Å². The number of amides is 1. The topological polar surface area (TPSA) is 81.2 Å². The molecule has 1 aromatic carbocycles. The van der Waals surface area contributed by atoms with Gasteiger partial charge in [-0.1, -0.05) is 30.3 Å². The van der Waals surface area contributed by atoms with Crippen LogP contribution in [-0.2, 0) is 17.8 Å². The smallest absolute Gasteiger partial charge is 0.348 e. The monoisotopic (exact) mass is 406 g/mol. The minimum Gasteiger partial charge on any atom is -0.443 e. The average Bonchev–Trinajstić information content (AvgIpc) is 3.19. The van der Waals surface area contributed by atoms with Gasteiger partial charge in [0.05, 0.1) is 6.20 Å². The van der Waals surface area contributed by atoms with Gasteiger partial charge in [-0.25, -0.2) is 9.78 Å². The first-order valence-corrected chi connectivity index (χ1v) is 10.3. The first-order chi connectivity index (χ1) is 14.5. The summed E-state index contributed by atoms with van der Waals surface area (Å²) in [6.45, 7) is 4.21. The molecule has 1 aliphatic heterocycles. The minimum atomic E-state index is -0.393. The van der Waals surface area contributed by atoms with E-state index >= 15 is 0 Å². The minimum absolute atomic E-state index is 0.0218. The molecule has 156 valence electrons. The molecule has 30 heavy (non-hydrogen) atoms. The van der Waals surface area contributed by atoms with Crippen LogP contribution in [0.3, 0.4) is 0 Å². The number of carbonyl (C=O) groups excluding carboxylic acids is 1. The molecule has 1 amide bonds. The third-order valence-corrected chi connectivity index (χ3v) is 5.54. The van der Waals surface area contributed by atoms with E-state index in [0.717, 1.165) is 36.3 Å². The Hall–Kier alpha value is -3.22. The maximum atomic E-state index is 13.1. The van der Waals surface area contributed by atoms with Gasteiger partial charge in [-0.15, -0.1) is 0 Å². The number of likely N-dealkylation sites (tertiary alicyclic amines) is 1. The summed E-state index contributed by atoms with van der Waals surface area (Å²) >= 11 is 0. The lowest BCUT2D eigenvalue weighted by Crippen LogP contribution is -2.42. The normalized spacial score (nSPS) is 16.6. The Morgan fingerprint density at radius 1 is 1.20 bits per heavy atom. The van der Waals surface area contributed by atoms with Crippen LogP contribution in [0.1, 0.15) is 53.9 Å². The van der Waals surface area contributed by atoms with Crippen molar-refractivity contribution in [3.8, 4) is 0 Å². The second-order valence-corrected chi connectivity index (χ2v) is 7.83. The Kier molecular flexibility index (Phi) is 5.79. The summed E-state index contributed by atoms with van der Waals surface area (Å²) in [5.41, 5.74) is 2.15. The lowest BCUT2D eigenvalue weighted by molar-refractivity contribution is -0.136. The van der Waals surface area contributed by atoms with Gasteiger partial charge in [0.25, 0.3) is 0 Å². The predicted octanol–water partition coefficient (Wildman–Crippen LogP) is 3.19. The number of aryl methyl sites for hydroxylation is 2. The zero-order valence-electron chi connectivity index (χ0n) is 17.4. The van der Waals surface area contributed by atoms with Crippen LogP contribution in [0.15, 0.2) is 51.8 Å². The molecule has 3 aromatic rings. The Balaban J connectivity index is 1.52. The molecule has 1 aliphatic rings. The molecule has 1 atom stereocenters. The van der Waals surface area contributed by atoms with E-state index in [9.17, 15) is 9.59 Å². The lowest BCUT2D eigenvalue weighted by Gasteiger charge is -2.34. The first-order valence-electron chi connectivity index (χ1n) is 10.3. The maximum absolute atomic E-state index is 13.1. The number of benzene rings is 1. The van der Waals surface area contributed by atoms with Crippen molar-refractivity contribution < 1.29 is 9.21 Å². The van der Waals surface area contributed by atoms with Gasteiger partial charge in [0, 0.05) is 24.4 Å². The molecule has 1 saturated heterocycles. The molecule has 1 unspecified atom stereocenters. The molecule has 7 heteroatoms. The Bertz CT molecular complexity index is 1090. The van der Waals surface area contributed by atoms with Crippen molar-refractivity contribution in [3.63, 3.8) is 0 Å². The highest BCUT2D eigenvalue weighted by atomic mass is 16.4. The standard InChI is InChI=1S/C23H26N4O3/c1-16-12-17(2)27(23(29)25-16)15-21(28)26-11-7-6-10-20(26)22-24-14-19(30-22)13-18-8-4-3-5-9-18/h3-5,8-9,12,14,20H,6-7,10-11,13,15H2,1-2H3. The molecule has 0 bridgehead atoms. The number of hydrogen-bond donors (Lipinski definition) is 0. The molecule has 0 saturated carbocycles. The molecule has 2 aromatic heterocycles. The highest BCUT2D eigenvalue weighted by Crippen LogP contribution is 2.31. The van der Waals surface area contributed by atoms with Crippen LogP contribution in [0.2, 0.25) is 0 Å². The summed E-state index contributed by atoms with van der Waals surface area (Å²) in [5, 5.41) is 0. The van der Waals surface area contributed by atoms with Gasteiger partial charge in [0.1, 0.15) is 18.3 Å². The number of hydrogen-bond acceptors (Lipinski definition) is 5. The van der Waals surface area contributed by atoms with E-state index in [-0.39, 0.29) is 18.5 Å². The third kappa shape index (κ3) is 4.35. The Morgan fingerprint density at radius 2 is 2.00 bits per heavy atom. The van der Waals surface area contributed by atoms with Crippen LogP contribution in [0.25, 0.3) is 0 Å². The second-order valence-electron chi connectivity index (χ2n) is 7.83. The van der Waals surface area contributed by atoms with E-state index in [1.165, 1.54) is 4.57 Å². The van der Waals surface area contributed by atoms with Crippen molar-refractivity contribution in [2.45, 2.75) is 52.1 Å². The summed E-state index contributed by atoms with van der Waals surface area (Å²) in [4.78, 5) is 35.6. The molecule has 1 fully saturated rings. The van der Waals surface area contributed by atoms with Crippen LogP contribution < -0.4 is 5.69 Å². The van der Waals surface area contributed by atoms with E-state index in [1.54, 1.807) is 18.0 Å². The quantitative estimate of drug-likeness (QED) is 0.650. The number of rotatable bonds is 5. The predicted molar refractivity (Wildman–Crippen MR) is 112 cm³/mol. The fourth-order valence-electron chi connectivity index (χ4n) is 4.04. The fourth-order valence-corrected chi connectivity index (χ4v) is 4.04. The summed E-state index contributed by atoms with van der Waals surface area (Å²) in [5.74, 6) is 1.24.